The second kappa shape index (κ2) is 8.67. The number of nitrogens with one attached hydrogen (secondary N) is 3. The average Bonchev–Trinajstić information content (AvgIpc) is 3.30. The Hall–Kier alpha value is -3.32. The highest BCUT2D eigenvalue weighted by Crippen LogP contribution is 2.34. The molecule has 0 saturated carbocycles. The highest BCUT2D eigenvalue weighted by molar-refractivity contribution is 6.31. The van der Waals surface area contributed by atoms with E-state index in [0.717, 1.165) is 26.9 Å². The predicted molar refractivity (Wildman–Crippen MR) is 124 cm³/mol. The molecule has 2 aromatic carbocycles. The first-order chi connectivity index (χ1) is 15.3. The summed E-state index contributed by atoms with van der Waals surface area (Å²) in [6.07, 6.45) is 2.37. The van der Waals surface area contributed by atoms with E-state index >= 15 is 0 Å². The molecule has 2 heterocycles. The lowest BCUT2D eigenvalue weighted by Gasteiger charge is -2.21. The van der Waals surface area contributed by atoms with E-state index in [2.05, 4.69) is 15.6 Å². The standard InChI is InChI=1S/C24H25ClN4O3/c1-3-24(2)22(31)29(23(32)28-24)14-21(30)27-13-17(15-8-4-6-10-19(15)25)18-12-26-20-11-7-5-9-16(18)20/h4-12,17,26H,3,13-14H2,1-2H3,(H,27,30)(H,28,32)/t17-,24+/m0/s1. The topological polar surface area (TPSA) is 94.3 Å². The zero-order valence-corrected chi connectivity index (χ0v) is 18.7. The number of H-pyrrole nitrogens is 1. The van der Waals surface area contributed by atoms with Crippen LogP contribution in [0, 0.1) is 0 Å². The summed E-state index contributed by atoms with van der Waals surface area (Å²) in [7, 11) is 0. The summed E-state index contributed by atoms with van der Waals surface area (Å²) in [4.78, 5) is 41.8. The third-order valence-corrected chi connectivity index (χ3v) is 6.48. The van der Waals surface area contributed by atoms with Crippen molar-refractivity contribution in [3.63, 3.8) is 0 Å². The average molecular weight is 453 g/mol. The van der Waals surface area contributed by atoms with Crippen LogP contribution in [-0.4, -0.2) is 46.4 Å². The van der Waals surface area contributed by atoms with Crippen molar-refractivity contribution in [1.29, 1.82) is 0 Å². The second-order valence-corrected chi connectivity index (χ2v) is 8.58. The van der Waals surface area contributed by atoms with Crippen molar-refractivity contribution in [2.75, 3.05) is 13.1 Å². The maximum atomic E-state index is 12.7. The van der Waals surface area contributed by atoms with Gasteiger partial charge >= 0.3 is 6.03 Å². The molecule has 1 aliphatic heterocycles. The Bertz CT molecular complexity index is 1190. The Morgan fingerprint density at radius 2 is 1.84 bits per heavy atom. The number of imide groups is 1. The zero-order chi connectivity index (χ0) is 22.9. The summed E-state index contributed by atoms with van der Waals surface area (Å²) in [6, 6.07) is 14.9. The molecule has 0 unspecified atom stereocenters. The molecule has 1 saturated heterocycles. The largest absolute Gasteiger partial charge is 0.361 e. The highest BCUT2D eigenvalue weighted by Gasteiger charge is 2.47. The summed E-state index contributed by atoms with van der Waals surface area (Å²) < 4.78 is 0. The molecule has 32 heavy (non-hydrogen) atoms. The molecule has 7 nitrogen and oxygen atoms in total. The molecule has 4 rings (SSSR count). The maximum Gasteiger partial charge on any atom is 0.325 e. The number of carbonyl (C=O) groups excluding carboxylic acids is 3. The number of fused-ring (bicyclic) bond motifs is 1. The van der Waals surface area contributed by atoms with Gasteiger partial charge in [0.05, 0.1) is 0 Å². The van der Waals surface area contributed by atoms with Gasteiger partial charge in [0.1, 0.15) is 12.1 Å². The molecule has 3 aromatic rings. The number of aromatic nitrogens is 1. The van der Waals surface area contributed by atoms with Crippen molar-refractivity contribution in [2.45, 2.75) is 31.7 Å². The SMILES string of the molecule is CC[C@@]1(C)NC(=O)N(CC(=O)NC[C@@H](c2ccccc2Cl)c2c[nH]c3ccccc23)C1=O. The molecule has 3 N–H and O–H groups in total. The van der Waals surface area contributed by atoms with Crippen LogP contribution in [0.1, 0.15) is 37.3 Å². The van der Waals surface area contributed by atoms with Crippen LogP contribution in [0.5, 0.6) is 0 Å². The molecule has 0 radical (unpaired) electrons. The van der Waals surface area contributed by atoms with Crippen LogP contribution in [0.3, 0.4) is 0 Å². The lowest BCUT2D eigenvalue weighted by molar-refractivity contribution is -0.134. The van der Waals surface area contributed by atoms with Crippen LogP contribution >= 0.6 is 11.6 Å². The minimum atomic E-state index is -0.971. The van der Waals surface area contributed by atoms with E-state index < -0.39 is 17.5 Å². The normalized spacial score (nSPS) is 19.3. The number of hydrogen-bond acceptors (Lipinski definition) is 3. The van der Waals surface area contributed by atoms with E-state index in [1.54, 1.807) is 6.92 Å². The summed E-state index contributed by atoms with van der Waals surface area (Å²) in [5, 5.41) is 7.19. The van der Waals surface area contributed by atoms with E-state index in [-0.39, 0.29) is 24.9 Å². The van der Waals surface area contributed by atoms with Crippen molar-refractivity contribution < 1.29 is 14.4 Å². The van der Waals surface area contributed by atoms with E-state index in [0.29, 0.717) is 11.4 Å². The number of nitrogens with zero attached hydrogens (tertiary/aromatic N) is 1. The fourth-order valence-electron chi connectivity index (χ4n) is 4.07. The lowest BCUT2D eigenvalue weighted by Crippen LogP contribution is -2.45. The van der Waals surface area contributed by atoms with Gasteiger partial charge in [-0.2, -0.15) is 0 Å². The zero-order valence-electron chi connectivity index (χ0n) is 17.9. The number of rotatable bonds is 7. The first-order valence-electron chi connectivity index (χ1n) is 10.6. The van der Waals surface area contributed by atoms with Crippen molar-refractivity contribution in [1.82, 2.24) is 20.5 Å². The van der Waals surface area contributed by atoms with Crippen molar-refractivity contribution in [3.8, 4) is 0 Å². The number of aromatic amines is 1. The van der Waals surface area contributed by atoms with Crippen molar-refractivity contribution in [2.24, 2.45) is 0 Å². The molecule has 1 fully saturated rings. The van der Waals surface area contributed by atoms with E-state index in [9.17, 15) is 14.4 Å². The maximum absolute atomic E-state index is 12.7. The van der Waals surface area contributed by atoms with Gasteiger partial charge in [0.25, 0.3) is 5.91 Å². The summed E-state index contributed by atoms with van der Waals surface area (Å²) in [5.74, 6) is -1.02. The third-order valence-electron chi connectivity index (χ3n) is 6.13. The number of para-hydroxylation sites is 1. The van der Waals surface area contributed by atoms with Gasteiger partial charge in [0.15, 0.2) is 0 Å². The van der Waals surface area contributed by atoms with Crippen molar-refractivity contribution in [3.05, 3.63) is 70.9 Å². The van der Waals surface area contributed by atoms with Gasteiger partial charge in [0, 0.05) is 34.6 Å². The van der Waals surface area contributed by atoms with Crippen LogP contribution in [-0.2, 0) is 9.59 Å². The van der Waals surface area contributed by atoms with Crippen LogP contribution in [0.15, 0.2) is 54.7 Å². The number of halogens is 1. The molecule has 0 bridgehead atoms. The molecule has 2 atom stereocenters. The van der Waals surface area contributed by atoms with Crippen molar-refractivity contribution >= 4 is 40.3 Å². The van der Waals surface area contributed by atoms with Gasteiger partial charge in [0.2, 0.25) is 5.91 Å². The Morgan fingerprint density at radius 1 is 1.12 bits per heavy atom. The van der Waals surface area contributed by atoms with Crippen LogP contribution in [0.2, 0.25) is 5.02 Å². The Labute approximate surface area is 191 Å². The predicted octanol–water partition coefficient (Wildman–Crippen LogP) is 3.79. The van der Waals surface area contributed by atoms with E-state index in [1.165, 1.54) is 0 Å². The molecule has 1 aliphatic rings. The molecule has 0 aliphatic carbocycles. The lowest BCUT2D eigenvalue weighted by atomic mass is 9.90. The van der Waals surface area contributed by atoms with Gasteiger partial charge < -0.3 is 15.6 Å². The third kappa shape index (κ3) is 3.96. The summed E-state index contributed by atoms with van der Waals surface area (Å²) >= 11 is 6.50. The van der Waals surface area contributed by atoms with Gasteiger partial charge in [-0.15, -0.1) is 0 Å². The molecular formula is C24H25ClN4O3. The molecular weight excluding hydrogens is 428 g/mol. The van der Waals surface area contributed by atoms with Crippen LogP contribution in [0.25, 0.3) is 10.9 Å². The Morgan fingerprint density at radius 3 is 2.56 bits per heavy atom. The smallest absolute Gasteiger partial charge is 0.325 e. The summed E-state index contributed by atoms with van der Waals surface area (Å²) in [5.41, 5.74) is 1.90. The second-order valence-electron chi connectivity index (χ2n) is 8.17. The molecule has 8 heteroatoms. The quantitative estimate of drug-likeness (QED) is 0.476. The molecule has 166 valence electrons. The number of benzene rings is 2. The molecule has 1 aromatic heterocycles. The first kappa shape index (κ1) is 21.9. The number of hydrogen-bond donors (Lipinski definition) is 3. The van der Waals surface area contributed by atoms with Gasteiger partial charge in [-0.1, -0.05) is 54.9 Å². The van der Waals surface area contributed by atoms with Gasteiger partial charge in [-0.05, 0) is 36.6 Å². The van der Waals surface area contributed by atoms with Crippen LogP contribution in [0.4, 0.5) is 4.79 Å². The van der Waals surface area contributed by atoms with Crippen LogP contribution < -0.4 is 10.6 Å². The monoisotopic (exact) mass is 452 g/mol. The van der Waals surface area contributed by atoms with E-state index in [4.69, 9.17) is 11.6 Å². The first-order valence-corrected chi connectivity index (χ1v) is 10.9. The van der Waals surface area contributed by atoms with Gasteiger partial charge in [-0.25, -0.2) is 4.79 Å². The minimum Gasteiger partial charge on any atom is -0.361 e. The fourth-order valence-corrected chi connectivity index (χ4v) is 4.34. The van der Waals surface area contributed by atoms with E-state index in [1.807, 2.05) is 61.7 Å². The Balaban J connectivity index is 1.55. The Kier molecular flexibility index (Phi) is 5.93. The highest BCUT2D eigenvalue weighted by atomic mass is 35.5. The molecule has 0 spiro atoms. The number of carbonyl (C=O) groups is 3. The minimum absolute atomic E-state index is 0.215. The number of amides is 4. The number of urea groups is 1. The fraction of sp³-hybridized carbons (Fsp3) is 0.292. The summed E-state index contributed by atoms with van der Waals surface area (Å²) in [6.45, 7) is 3.41. The molecule has 4 amide bonds. The van der Waals surface area contributed by atoms with Gasteiger partial charge in [-0.3, -0.25) is 14.5 Å².